The van der Waals surface area contributed by atoms with Crippen LogP contribution in [0.3, 0.4) is 0 Å². The smallest absolute Gasteiger partial charge is 0.259 e. The number of fused-ring (bicyclic) bond motifs is 2. The highest BCUT2D eigenvalue weighted by molar-refractivity contribution is 7.10. The van der Waals surface area contributed by atoms with Crippen LogP contribution < -0.4 is 9.47 Å². The number of hydrogen-bond donors (Lipinski definition) is 0. The number of rotatable bonds is 5. The third-order valence-corrected chi connectivity index (χ3v) is 7.73. The van der Waals surface area contributed by atoms with Crippen molar-refractivity contribution in [3.8, 4) is 11.5 Å². The van der Waals surface area contributed by atoms with E-state index >= 15 is 0 Å². The first-order valence-electron chi connectivity index (χ1n) is 11.4. The highest BCUT2D eigenvalue weighted by Gasteiger charge is 2.36. The lowest BCUT2D eigenvalue weighted by Gasteiger charge is -2.37. The molecule has 1 aliphatic carbocycles. The molecule has 4 heterocycles. The first kappa shape index (κ1) is 21.2. The molecule has 0 spiro atoms. The molecule has 1 aliphatic heterocycles. The minimum atomic E-state index is -0.219. The summed E-state index contributed by atoms with van der Waals surface area (Å²) in [5.41, 5.74) is 4.90. The standard InChI is InChI=1S/C26H25N3O4S/c1-14-23-18(12-19(15-6-7-15)27-25(23)33-28-14)26(30)29-9-8-16-11-20(31-2)21(32-3)13-17(16)24(29)22-5-4-10-34-22/h4-5,10-13,15,24H,6-9H2,1-3H3. The van der Waals surface area contributed by atoms with E-state index in [0.717, 1.165) is 35.4 Å². The number of thiophene rings is 1. The number of amides is 1. The van der Waals surface area contributed by atoms with E-state index in [4.69, 9.17) is 14.0 Å². The van der Waals surface area contributed by atoms with Gasteiger partial charge in [0.15, 0.2) is 11.5 Å². The summed E-state index contributed by atoms with van der Waals surface area (Å²) in [5, 5.41) is 6.87. The van der Waals surface area contributed by atoms with Gasteiger partial charge in [0.1, 0.15) is 0 Å². The van der Waals surface area contributed by atoms with Gasteiger partial charge in [0, 0.05) is 23.0 Å². The predicted molar refractivity (Wildman–Crippen MR) is 129 cm³/mol. The number of hydrogen-bond acceptors (Lipinski definition) is 7. The molecule has 1 saturated carbocycles. The summed E-state index contributed by atoms with van der Waals surface area (Å²) < 4.78 is 16.6. The minimum absolute atomic E-state index is 0.0283. The summed E-state index contributed by atoms with van der Waals surface area (Å²) >= 11 is 1.65. The molecule has 2 aliphatic rings. The molecule has 4 aromatic rings. The van der Waals surface area contributed by atoms with Crippen LogP contribution in [0.5, 0.6) is 11.5 Å². The fourth-order valence-electron chi connectivity index (χ4n) is 4.94. The molecular formula is C26H25N3O4S. The van der Waals surface area contributed by atoms with Gasteiger partial charge in [-0.05, 0) is 67.0 Å². The molecule has 1 atom stereocenters. The van der Waals surface area contributed by atoms with Gasteiger partial charge in [-0.1, -0.05) is 11.2 Å². The Hall–Kier alpha value is -3.39. The van der Waals surface area contributed by atoms with Crippen LogP contribution in [-0.4, -0.2) is 41.7 Å². The van der Waals surface area contributed by atoms with Gasteiger partial charge in [-0.15, -0.1) is 11.3 Å². The molecule has 1 aromatic carbocycles. The van der Waals surface area contributed by atoms with Crippen LogP contribution in [0.4, 0.5) is 0 Å². The topological polar surface area (TPSA) is 77.7 Å². The molecule has 0 bridgehead atoms. The number of pyridine rings is 1. The second-order valence-corrected chi connectivity index (χ2v) is 9.87. The predicted octanol–water partition coefficient (Wildman–Crippen LogP) is 5.28. The van der Waals surface area contributed by atoms with E-state index in [-0.39, 0.29) is 11.9 Å². The fraction of sp³-hybridized carbons (Fsp3) is 0.346. The average molecular weight is 476 g/mol. The van der Waals surface area contributed by atoms with Crippen molar-refractivity contribution in [2.75, 3.05) is 20.8 Å². The van der Waals surface area contributed by atoms with E-state index in [0.29, 0.717) is 46.3 Å². The Bertz CT molecular complexity index is 1390. The number of aryl methyl sites for hydroxylation is 1. The van der Waals surface area contributed by atoms with Gasteiger partial charge in [0.2, 0.25) is 0 Å². The van der Waals surface area contributed by atoms with E-state index in [1.807, 2.05) is 41.5 Å². The maximum atomic E-state index is 14.2. The molecule has 3 aromatic heterocycles. The Labute approximate surface area is 201 Å². The van der Waals surface area contributed by atoms with Crippen molar-refractivity contribution in [2.45, 2.75) is 38.1 Å². The van der Waals surface area contributed by atoms with Crippen LogP contribution in [0, 0.1) is 6.92 Å². The second kappa shape index (κ2) is 8.13. The third-order valence-electron chi connectivity index (χ3n) is 6.81. The number of carbonyl (C=O) groups excluding carboxylic acids is 1. The fourth-order valence-corrected chi connectivity index (χ4v) is 5.80. The lowest BCUT2D eigenvalue weighted by Crippen LogP contribution is -2.40. The third kappa shape index (κ3) is 3.36. The van der Waals surface area contributed by atoms with E-state index in [2.05, 4.69) is 16.2 Å². The molecule has 0 saturated heterocycles. The number of carbonyl (C=O) groups is 1. The first-order chi connectivity index (χ1) is 16.6. The van der Waals surface area contributed by atoms with Crippen LogP contribution in [0.15, 0.2) is 40.2 Å². The number of benzene rings is 1. The maximum Gasteiger partial charge on any atom is 0.259 e. The van der Waals surface area contributed by atoms with E-state index < -0.39 is 0 Å². The molecule has 1 unspecified atom stereocenters. The van der Waals surface area contributed by atoms with Crippen molar-refractivity contribution in [3.63, 3.8) is 0 Å². The molecule has 7 nitrogen and oxygen atoms in total. The van der Waals surface area contributed by atoms with Gasteiger partial charge in [-0.2, -0.15) is 0 Å². The number of methoxy groups -OCH3 is 2. The van der Waals surface area contributed by atoms with Crippen LogP contribution in [0.1, 0.15) is 62.6 Å². The SMILES string of the molecule is COc1cc2c(cc1OC)C(c1cccs1)N(C(=O)c1cc(C3CC3)nc3onc(C)c13)CC2. The van der Waals surface area contributed by atoms with Gasteiger partial charge in [0.05, 0.1) is 36.9 Å². The highest BCUT2D eigenvalue weighted by Crippen LogP contribution is 2.44. The Morgan fingerprint density at radius 2 is 1.97 bits per heavy atom. The lowest BCUT2D eigenvalue weighted by molar-refractivity contribution is 0.0698. The van der Waals surface area contributed by atoms with Crippen LogP contribution in [-0.2, 0) is 6.42 Å². The molecule has 1 fully saturated rings. The average Bonchev–Trinajstić information content (AvgIpc) is 3.45. The molecular weight excluding hydrogens is 450 g/mol. The highest BCUT2D eigenvalue weighted by atomic mass is 32.1. The summed E-state index contributed by atoms with van der Waals surface area (Å²) in [6, 6.07) is 9.91. The summed E-state index contributed by atoms with van der Waals surface area (Å²) in [6.07, 6.45) is 2.92. The van der Waals surface area contributed by atoms with Gasteiger partial charge in [-0.25, -0.2) is 4.98 Å². The van der Waals surface area contributed by atoms with Crippen molar-refractivity contribution in [1.29, 1.82) is 0 Å². The van der Waals surface area contributed by atoms with Gasteiger partial charge in [-0.3, -0.25) is 4.79 Å². The van der Waals surface area contributed by atoms with Crippen LogP contribution in [0.2, 0.25) is 0 Å². The zero-order valence-electron chi connectivity index (χ0n) is 19.3. The largest absolute Gasteiger partial charge is 0.493 e. The Morgan fingerprint density at radius 3 is 2.68 bits per heavy atom. The zero-order chi connectivity index (χ0) is 23.4. The summed E-state index contributed by atoms with van der Waals surface area (Å²) in [7, 11) is 3.28. The number of ether oxygens (including phenoxy) is 2. The van der Waals surface area contributed by atoms with E-state index in [1.165, 1.54) is 5.56 Å². The molecule has 174 valence electrons. The monoisotopic (exact) mass is 475 g/mol. The van der Waals surface area contributed by atoms with Crippen molar-refractivity contribution >= 4 is 28.3 Å². The van der Waals surface area contributed by atoms with Crippen molar-refractivity contribution in [1.82, 2.24) is 15.0 Å². The number of aromatic nitrogens is 2. The Balaban J connectivity index is 1.50. The molecule has 1 amide bonds. The van der Waals surface area contributed by atoms with Crippen LogP contribution >= 0.6 is 11.3 Å². The maximum absolute atomic E-state index is 14.2. The molecule has 0 N–H and O–H groups in total. The minimum Gasteiger partial charge on any atom is -0.493 e. The molecule has 34 heavy (non-hydrogen) atoms. The lowest BCUT2D eigenvalue weighted by atomic mass is 9.90. The summed E-state index contributed by atoms with van der Waals surface area (Å²) in [5.74, 6) is 1.73. The van der Waals surface area contributed by atoms with Crippen molar-refractivity contribution in [3.05, 3.63) is 68.7 Å². The number of nitrogens with zero attached hydrogens (tertiary/aromatic N) is 3. The van der Waals surface area contributed by atoms with Gasteiger partial charge in [0.25, 0.3) is 11.6 Å². The summed E-state index contributed by atoms with van der Waals surface area (Å²) in [4.78, 5) is 22.0. The summed E-state index contributed by atoms with van der Waals surface area (Å²) in [6.45, 7) is 2.46. The Morgan fingerprint density at radius 1 is 1.18 bits per heavy atom. The van der Waals surface area contributed by atoms with Gasteiger partial charge < -0.3 is 18.9 Å². The van der Waals surface area contributed by atoms with Crippen molar-refractivity contribution < 1.29 is 18.8 Å². The van der Waals surface area contributed by atoms with Gasteiger partial charge >= 0.3 is 0 Å². The molecule has 0 radical (unpaired) electrons. The van der Waals surface area contributed by atoms with E-state index in [1.54, 1.807) is 25.6 Å². The second-order valence-electron chi connectivity index (χ2n) is 8.89. The van der Waals surface area contributed by atoms with E-state index in [9.17, 15) is 4.79 Å². The quantitative estimate of drug-likeness (QED) is 0.391. The zero-order valence-corrected chi connectivity index (χ0v) is 20.1. The normalized spacial score (nSPS) is 17.6. The first-order valence-corrected chi connectivity index (χ1v) is 12.3. The van der Waals surface area contributed by atoms with Crippen molar-refractivity contribution in [2.24, 2.45) is 0 Å². The molecule has 6 rings (SSSR count). The molecule has 8 heteroatoms. The van der Waals surface area contributed by atoms with Crippen LogP contribution in [0.25, 0.3) is 11.1 Å². The Kier molecular flexibility index (Phi) is 5.06.